The van der Waals surface area contributed by atoms with E-state index in [0.29, 0.717) is 24.8 Å². The summed E-state index contributed by atoms with van der Waals surface area (Å²) in [6, 6.07) is 5.81. The Morgan fingerprint density at radius 2 is 2.04 bits per heavy atom. The van der Waals surface area contributed by atoms with Crippen molar-refractivity contribution in [2.24, 2.45) is 4.99 Å². The van der Waals surface area contributed by atoms with E-state index >= 15 is 0 Å². The van der Waals surface area contributed by atoms with E-state index in [9.17, 15) is 0 Å². The summed E-state index contributed by atoms with van der Waals surface area (Å²) in [6.07, 6.45) is 2.70. The first kappa shape index (κ1) is 21.8. The van der Waals surface area contributed by atoms with Crippen molar-refractivity contribution in [3.63, 3.8) is 0 Å². The quantitative estimate of drug-likeness (QED) is 0.381. The van der Waals surface area contributed by atoms with Crippen LogP contribution >= 0.6 is 11.6 Å². The number of guanidine groups is 1. The second-order valence-electron chi connectivity index (χ2n) is 6.71. The van der Waals surface area contributed by atoms with Gasteiger partial charge in [0.05, 0.1) is 13.7 Å². The summed E-state index contributed by atoms with van der Waals surface area (Å²) in [5.41, 5.74) is 0.961. The van der Waals surface area contributed by atoms with E-state index in [1.54, 1.807) is 14.2 Å². The normalized spacial score (nSPS) is 16.8. The summed E-state index contributed by atoms with van der Waals surface area (Å²) < 4.78 is 16.4. The molecule has 0 saturated carbocycles. The van der Waals surface area contributed by atoms with E-state index in [4.69, 9.17) is 30.8 Å². The molecule has 0 spiro atoms. The molecule has 1 fully saturated rings. The largest absolute Gasteiger partial charge is 0.496 e. The molecule has 1 aromatic rings. The van der Waals surface area contributed by atoms with Crippen LogP contribution in [-0.4, -0.2) is 59.6 Å². The van der Waals surface area contributed by atoms with Gasteiger partial charge >= 0.3 is 0 Å². The van der Waals surface area contributed by atoms with Crippen molar-refractivity contribution in [3.8, 4) is 5.75 Å². The maximum Gasteiger partial charge on any atom is 0.191 e. The van der Waals surface area contributed by atoms with E-state index in [-0.39, 0.29) is 5.41 Å². The lowest BCUT2D eigenvalue weighted by atomic mass is 9.73. The fourth-order valence-electron chi connectivity index (χ4n) is 3.36. The predicted molar refractivity (Wildman–Crippen MR) is 110 cm³/mol. The van der Waals surface area contributed by atoms with Crippen LogP contribution in [-0.2, 0) is 14.9 Å². The average Bonchev–Trinajstić information content (AvgIpc) is 2.70. The zero-order valence-corrected chi connectivity index (χ0v) is 17.4. The summed E-state index contributed by atoms with van der Waals surface area (Å²) in [4.78, 5) is 4.89. The van der Waals surface area contributed by atoms with Crippen molar-refractivity contribution >= 4 is 17.6 Å². The summed E-state index contributed by atoms with van der Waals surface area (Å²) >= 11 is 6.31. The molecule has 1 heterocycles. The van der Waals surface area contributed by atoms with Gasteiger partial charge in [0.15, 0.2) is 5.96 Å². The van der Waals surface area contributed by atoms with Crippen LogP contribution in [0.5, 0.6) is 5.75 Å². The highest BCUT2D eigenvalue weighted by Gasteiger charge is 2.37. The number of hydrogen-bond donors (Lipinski definition) is 2. The van der Waals surface area contributed by atoms with Gasteiger partial charge in [0.1, 0.15) is 5.75 Å². The topological polar surface area (TPSA) is 64.1 Å². The summed E-state index contributed by atoms with van der Waals surface area (Å²) in [5.74, 6) is 1.68. The molecular weight excluding hydrogens is 366 g/mol. The summed E-state index contributed by atoms with van der Waals surface area (Å²) in [7, 11) is 3.41. The molecule has 0 unspecified atom stereocenters. The van der Waals surface area contributed by atoms with Crippen LogP contribution in [0.25, 0.3) is 0 Å². The number of methoxy groups -OCH3 is 2. The van der Waals surface area contributed by atoms with Crippen molar-refractivity contribution in [3.05, 3.63) is 28.8 Å². The molecule has 7 heteroatoms. The molecule has 1 aliphatic rings. The Hall–Kier alpha value is -1.50. The first-order chi connectivity index (χ1) is 13.1. The van der Waals surface area contributed by atoms with E-state index in [1.807, 2.05) is 18.2 Å². The van der Waals surface area contributed by atoms with Gasteiger partial charge in [-0.1, -0.05) is 11.6 Å². The van der Waals surface area contributed by atoms with Crippen LogP contribution in [0.1, 0.15) is 31.7 Å². The lowest BCUT2D eigenvalue weighted by Gasteiger charge is -2.37. The minimum atomic E-state index is -0.149. The second-order valence-corrected chi connectivity index (χ2v) is 7.14. The van der Waals surface area contributed by atoms with Crippen molar-refractivity contribution < 1.29 is 14.2 Å². The van der Waals surface area contributed by atoms with Crippen LogP contribution in [0.2, 0.25) is 5.02 Å². The van der Waals surface area contributed by atoms with Gasteiger partial charge in [-0.05, 0) is 44.4 Å². The molecule has 0 radical (unpaired) electrons. The number of rotatable bonds is 9. The first-order valence-corrected chi connectivity index (χ1v) is 9.96. The third kappa shape index (κ3) is 6.26. The van der Waals surface area contributed by atoms with Crippen molar-refractivity contribution in [1.82, 2.24) is 10.6 Å². The third-order valence-corrected chi connectivity index (χ3v) is 5.12. The van der Waals surface area contributed by atoms with Crippen molar-refractivity contribution in [1.29, 1.82) is 0 Å². The van der Waals surface area contributed by atoms with Gasteiger partial charge in [-0.3, -0.25) is 4.99 Å². The molecule has 1 aromatic carbocycles. The second kappa shape index (κ2) is 11.4. The van der Waals surface area contributed by atoms with Gasteiger partial charge in [-0.15, -0.1) is 0 Å². The maximum atomic E-state index is 6.31. The minimum absolute atomic E-state index is 0.149. The van der Waals surface area contributed by atoms with Crippen LogP contribution in [0.15, 0.2) is 23.2 Å². The minimum Gasteiger partial charge on any atom is -0.496 e. The maximum absolute atomic E-state index is 6.31. The molecule has 152 valence electrons. The van der Waals surface area contributed by atoms with Gasteiger partial charge in [-0.2, -0.15) is 0 Å². The molecule has 1 saturated heterocycles. The zero-order valence-electron chi connectivity index (χ0n) is 16.6. The Morgan fingerprint density at radius 1 is 1.26 bits per heavy atom. The van der Waals surface area contributed by atoms with Crippen molar-refractivity contribution in [2.45, 2.75) is 31.6 Å². The molecule has 6 nitrogen and oxygen atoms in total. The highest BCUT2D eigenvalue weighted by molar-refractivity contribution is 6.30. The number of hydrogen-bond acceptors (Lipinski definition) is 4. The van der Waals surface area contributed by atoms with Gasteiger partial charge in [0.25, 0.3) is 0 Å². The Kier molecular flexibility index (Phi) is 9.18. The predicted octanol–water partition coefficient (Wildman–Crippen LogP) is 2.99. The molecule has 0 amide bonds. The zero-order chi connectivity index (χ0) is 19.5. The lowest BCUT2D eigenvalue weighted by Crippen LogP contribution is -2.41. The Morgan fingerprint density at radius 3 is 2.70 bits per heavy atom. The van der Waals surface area contributed by atoms with Gasteiger partial charge in [-0.25, -0.2) is 0 Å². The molecule has 2 N–H and O–H groups in total. The van der Waals surface area contributed by atoms with Gasteiger partial charge in [0.2, 0.25) is 0 Å². The van der Waals surface area contributed by atoms with E-state index in [2.05, 4.69) is 17.6 Å². The lowest BCUT2D eigenvalue weighted by molar-refractivity contribution is 0.0523. The highest BCUT2D eigenvalue weighted by Crippen LogP contribution is 2.41. The Bertz CT molecular complexity index is 604. The number of halogens is 1. The summed E-state index contributed by atoms with van der Waals surface area (Å²) in [6.45, 7) is 6.49. The average molecular weight is 398 g/mol. The van der Waals surface area contributed by atoms with Crippen LogP contribution in [0.3, 0.4) is 0 Å². The monoisotopic (exact) mass is 397 g/mol. The SMILES string of the molecule is CCNC(=NCC1(c2cc(Cl)ccc2OC)CCOCC1)NCCCOC. The van der Waals surface area contributed by atoms with Gasteiger partial charge in [0, 0.05) is 56.0 Å². The van der Waals surface area contributed by atoms with Crippen LogP contribution in [0, 0.1) is 0 Å². The van der Waals surface area contributed by atoms with Crippen LogP contribution in [0.4, 0.5) is 0 Å². The smallest absolute Gasteiger partial charge is 0.191 e. The number of nitrogens with zero attached hydrogens (tertiary/aromatic N) is 1. The highest BCUT2D eigenvalue weighted by atomic mass is 35.5. The number of aliphatic imine (C=N–C) groups is 1. The van der Waals surface area contributed by atoms with Gasteiger partial charge < -0.3 is 24.8 Å². The first-order valence-electron chi connectivity index (χ1n) is 9.58. The molecule has 2 rings (SSSR count). The fraction of sp³-hybridized carbons (Fsp3) is 0.650. The fourth-order valence-corrected chi connectivity index (χ4v) is 3.54. The standard InChI is InChI=1S/C20H32ClN3O3/c1-4-22-19(23-10-5-11-25-2)24-15-20(8-12-27-13-9-20)17-14-16(21)6-7-18(17)26-3/h6-7,14H,4-5,8-13,15H2,1-3H3,(H2,22,23,24). The number of nitrogens with one attached hydrogen (secondary N) is 2. The van der Waals surface area contributed by atoms with E-state index in [0.717, 1.165) is 56.2 Å². The molecule has 1 aliphatic heterocycles. The van der Waals surface area contributed by atoms with Crippen LogP contribution < -0.4 is 15.4 Å². The Balaban J connectivity index is 2.23. The van der Waals surface area contributed by atoms with E-state index in [1.165, 1.54) is 0 Å². The molecular formula is C20H32ClN3O3. The third-order valence-electron chi connectivity index (χ3n) is 4.88. The summed E-state index contributed by atoms with van der Waals surface area (Å²) in [5, 5.41) is 7.40. The van der Waals surface area contributed by atoms with Crippen molar-refractivity contribution in [2.75, 3.05) is 53.7 Å². The van der Waals surface area contributed by atoms with E-state index < -0.39 is 0 Å². The molecule has 27 heavy (non-hydrogen) atoms. The molecule has 0 aromatic heterocycles. The molecule has 0 bridgehead atoms. The Labute approximate surface area is 167 Å². The molecule has 0 aliphatic carbocycles. The number of ether oxygens (including phenoxy) is 3. The molecule has 0 atom stereocenters. The number of benzene rings is 1.